The molecule has 10 heteroatoms. The smallest absolute Gasteiger partial charge is 0.290 e. The van der Waals surface area contributed by atoms with Crippen LogP contribution in [0.5, 0.6) is 0 Å². The van der Waals surface area contributed by atoms with Crippen molar-refractivity contribution in [2.24, 2.45) is 5.84 Å². The monoisotopic (exact) mass is 290 g/mol. The number of benzene rings is 1. The molecule has 0 saturated heterocycles. The predicted octanol–water partition coefficient (Wildman–Crippen LogP) is -0.507. The van der Waals surface area contributed by atoms with Gasteiger partial charge in [0.2, 0.25) is 0 Å². The first-order valence-electron chi connectivity index (χ1n) is 5.85. The van der Waals surface area contributed by atoms with E-state index in [1.807, 2.05) is 0 Å². The Morgan fingerprint density at radius 2 is 1.76 bits per heavy atom. The standard InChI is InChI=1S/C11H11FN8O/c12-10-3-8(18-13)1-2-9(10)11(21,19-6-14-4-16-19)20-7-15-5-17-20/h1-7,18,21H,13H2. The Balaban J connectivity index is 2.22. The molecule has 0 radical (unpaired) electrons. The second kappa shape index (κ2) is 4.92. The van der Waals surface area contributed by atoms with Crippen LogP contribution in [0.4, 0.5) is 10.1 Å². The third-order valence-electron chi connectivity index (χ3n) is 2.97. The Hall–Kier alpha value is -2.85. The first-order valence-corrected chi connectivity index (χ1v) is 5.85. The lowest BCUT2D eigenvalue weighted by Crippen LogP contribution is -2.44. The average molecular weight is 290 g/mol. The normalized spacial score (nSPS) is 11.6. The van der Waals surface area contributed by atoms with E-state index in [2.05, 4.69) is 25.6 Å². The number of halogens is 1. The van der Waals surface area contributed by atoms with E-state index >= 15 is 0 Å². The summed E-state index contributed by atoms with van der Waals surface area (Å²) in [6.45, 7) is 0. The molecule has 0 spiro atoms. The fourth-order valence-electron chi connectivity index (χ4n) is 1.97. The van der Waals surface area contributed by atoms with Crippen molar-refractivity contribution >= 4 is 5.69 Å². The number of rotatable bonds is 4. The van der Waals surface area contributed by atoms with Gasteiger partial charge in [-0.2, -0.15) is 19.6 Å². The van der Waals surface area contributed by atoms with Gasteiger partial charge in [0.05, 0.1) is 11.3 Å². The molecule has 9 nitrogen and oxygen atoms in total. The summed E-state index contributed by atoms with van der Waals surface area (Å²) in [5.74, 6) is 2.50. The van der Waals surface area contributed by atoms with Crippen molar-refractivity contribution in [1.29, 1.82) is 0 Å². The summed E-state index contributed by atoms with van der Waals surface area (Å²) in [5.41, 5.74) is 2.60. The fourth-order valence-corrected chi connectivity index (χ4v) is 1.97. The second-order valence-electron chi connectivity index (χ2n) is 4.15. The van der Waals surface area contributed by atoms with Gasteiger partial charge in [0.1, 0.15) is 31.1 Å². The van der Waals surface area contributed by atoms with E-state index in [-0.39, 0.29) is 5.56 Å². The highest BCUT2D eigenvalue weighted by Crippen LogP contribution is 2.27. The molecule has 108 valence electrons. The first-order chi connectivity index (χ1) is 10.2. The van der Waals surface area contributed by atoms with Gasteiger partial charge in [-0.05, 0) is 18.2 Å². The second-order valence-corrected chi connectivity index (χ2v) is 4.15. The van der Waals surface area contributed by atoms with Crippen LogP contribution < -0.4 is 11.3 Å². The van der Waals surface area contributed by atoms with Gasteiger partial charge in [-0.3, -0.25) is 5.84 Å². The van der Waals surface area contributed by atoms with E-state index in [0.29, 0.717) is 5.69 Å². The lowest BCUT2D eigenvalue weighted by molar-refractivity contribution is -0.0507. The van der Waals surface area contributed by atoms with Crippen LogP contribution in [0.2, 0.25) is 0 Å². The van der Waals surface area contributed by atoms with Gasteiger partial charge in [0.25, 0.3) is 5.85 Å². The Kier molecular flexibility index (Phi) is 3.08. The molecule has 0 unspecified atom stereocenters. The number of aromatic nitrogens is 6. The number of hydrazine groups is 1. The Morgan fingerprint density at radius 3 is 2.19 bits per heavy atom. The van der Waals surface area contributed by atoms with Crippen LogP contribution in [0.25, 0.3) is 0 Å². The summed E-state index contributed by atoms with van der Waals surface area (Å²) in [5, 5.41) is 18.7. The third kappa shape index (κ3) is 2.02. The number of hydrogen-bond donors (Lipinski definition) is 3. The van der Waals surface area contributed by atoms with E-state index < -0.39 is 11.7 Å². The number of nitrogens with two attached hydrogens (primary N) is 1. The van der Waals surface area contributed by atoms with Crippen LogP contribution >= 0.6 is 0 Å². The summed E-state index contributed by atoms with van der Waals surface area (Å²) in [4.78, 5) is 7.53. The van der Waals surface area contributed by atoms with Crippen molar-refractivity contribution in [2.45, 2.75) is 5.85 Å². The van der Waals surface area contributed by atoms with Gasteiger partial charge in [-0.15, -0.1) is 0 Å². The summed E-state index contributed by atoms with van der Waals surface area (Å²) in [6, 6.07) is 4.03. The number of aliphatic hydroxyl groups is 1. The number of nitrogen functional groups attached to an aromatic ring is 1. The molecule has 0 saturated carbocycles. The molecule has 0 aliphatic heterocycles. The Morgan fingerprint density at radius 1 is 1.14 bits per heavy atom. The van der Waals surface area contributed by atoms with E-state index in [0.717, 1.165) is 15.4 Å². The molecule has 3 rings (SSSR count). The molecule has 1 aromatic carbocycles. The van der Waals surface area contributed by atoms with E-state index in [1.165, 1.54) is 37.4 Å². The molecule has 2 heterocycles. The van der Waals surface area contributed by atoms with Gasteiger partial charge in [0, 0.05) is 0 Å². The van der Waals surface area contributed by atoms with Crippen molar-refractivity contribution in [2.75, 3.05) is 5.43 Å². The minimum atomic E-state index is -2.04. The van der Waals surface area contributed by atoms with Crippen molar-refractivity contribution in [3.05, 3.63) is 54.9 Å². The van der Waals surface area contributed by atoms with E-state index in [4.69, 9.17) is 5.84 Å². The third-order valence-corrected chi connectivity index (χ3v) is 2.97. The molecule has 0 fully saturated rings. The van der Waals surface area contributed by atoms with Gasteiger partial charge in [-0.25, -0.2) is 14.4 Å². The number of anilines is 1. The lowest BCUT2D eigenvalue weighted by atomic mass is 10.1. The number of hydrogen-bond acceptors (Lipinski definition) is 7. The number of nitrogens with zero attached hydrogens (tertiary/aromatic N) is 6. The van der Waals surface area contributed by atoms with Crippen LogP contribution in [0.1, 0.15) is 5.56 Å². The topological polar surface area (TPSA) is 120 Å². The van der Waals surface area contributed by atoms with Crippen molar-refractivity contribution in [1.82, 2.24) is 29.5 Å². The highest BCUT2D eigenvalue weighted by atomic mass is 19.1. The summed E-state index contributed by atoms with van der Waals surface area (Å²) in [6.07, 6.45) is 4.93. The molecule has 4 N–H and O–H groups in total. The summed E-state index contributed by atoms with van der Waals surface area (Å²) >= 11 is 0. The maximum Gasteiger partial charge on any atom is 0.290 e. The lowest BCUT2D eigenvalue weighted by Gasteiger charge is -2.28. The molecule has 0 aliphatic rings. The largest absolute Gasteiger partial charge is 0.347 e. The molecule has 21 heavy (non-hydrogen) atoms. The molecule has 0 amide bonds. The van der Waals surface area contributed by atoms with Crippen molar-refractivity contribution in [3.63, 3.8) is 0 Å². The average Bonchev–Trinajstić information content (AvgIpc) is 3.19. The van der Waals surface area contributed by atoms with Crippen LogP contribution in [0, 0.1) is 5.82 Å². The van der Waals surface area contributed by atoms with Gasteiger partial charge in [-0.1, -0.05) is 0 Å². The quantitative estimate of drug-likeness (QED) is 0.437. The molecule has 3 aromatic rings. The summed E-state index contributed by atoms with van der Waals surface area (Å²) < 4.78 is 16.5. The van der Waals surface area contributed by atoms with Gasteiger partial charge < -0.3 is 10.5 Å². The van der Waals surface area contributed by atoms with Crippen molar-refractivity contribution < 1.29 is 9.50 Å². The molecular formula is C11H11FN8O. The minimum absolute atomic E-state index is 0.0856. The van der Waals surface area contributed by atoms with E-state index in [1.54, 1.807) is 0 Å². The Labute approximate surface area is 117 Å². The zero-order valence-electron chi connectivity index (χ0n) is 10.6. The van der Waals surface area contributed by atoms with Crippen LogP contribution in [-0.2, 0) is 5.85 Å². The van der Waals surface area contributed by atoms with Gasteiger partial charge in [0.15, 0.2) is 0 Å². The maximum absolute atomic E-state index is 14.3. The fraction of sp³-hybridized carbons (Fsp3) is 0.0909. The zero-order valence-corrected chi connectivity index (χ0v) is 10.6. The highest BCUT2D eigenvalue weighted by Gasteiger charge is 2.38. The molecule has 0 aliphatic carbocycles. The van der Waals surface area contributed by atoms with E-state index in [9.17, 15) is 9.50 Å². The first kappa shape index (κ1) is 13.1. The van der Waals surface area contributed by atoms with Gasteiger partial charge >= 0.3 is 0 Å². The molecular weight excluding hydrogens is 279 g/mol. The minimum Gasteiger partial charge on any atom is -0.347 e. The maximum atomic E-state index is 14.3. The summed E-state index contributed by atoms with van der Waals surface area (Å²) in [7, 11) is 0. The number of nitrogens with one attached hydrogen (secondary N) is 1. The van der Waals surface area contributed by atoms with Crippen LogP contribution in [0.3, 0.4) is 0 Å². The predicted molar refractivity (Wildman–Crippen MR) is 68.9 cm³/mol. The van der Waals surface area contributed by atoms with Crippen molar-refractivity contribution in [3.8, 4) is 0 Å². The molecule has 2 aromatic heterocycles. The zero-order chi connectivity index (χ0) is 14.9. The molecule has 0 atom stereocenters. The Bertz CT molecular complexity index is 693. The highest BCUT2D eigenvalue weighted by molar-refractivity contribution is 5.45. The molecule has 0 bridgehead atoms. The SMILES string of the molecule is NNc1ccc(C(O)(n2cncn2)n2cncn2)c(F)c1. The van der Waals surface area contributed by atoms with Crippen LogP contribution in [-0.4, -0.2) is 34.6 Å². The van der Waals surface area contributed by atoms with Crippen LogP contribution in [0.15, 0.2) is 43.5 Å².